The molecule has 7 heteroatoms. The Balaban J connectivity index is 1.59. The summed E-state index contributed by atoms with van der Waals surface area (Å²) in [6.45, 7) is 5.15. The third kappa shape index (κ3) is 3.29. The first-order chi connectivity index (χ1) is 13.4. The van der Waals surface area contributed by atoms with Crippen LogP contribution in [0.4, 0.5) is 5.69 Å². The van der Waals surface area contributed by atoms with E-state index in [-0.39, 0.29) is 22.8 Å². The van der Waals surface area contributed by atoms with Gasteiger partial charge in [-0.1, -0.05) is 25.1 Å². The summed E-state index contributed by atoms with van der Waals surface area (Å²) < 4.78 is 32.9. The molecule has 0 bridgehead atoms. The Hall–Kier alpha value is -2.38. The highest BCUT2D eigenvalue weighted by Gasteiger charge is 2.31. The molecule has 0 spiro atoms. The number of rotatable bonds is 4. The highest BCUT2D eigenvalue weighted by Crippen LogP contribution is 2.40. The molecule has 1 fully saturated rings. The minimum atomic E-state index is -3.53. The van der Waals surface area contributed by atoms with Crippen molar-refractivity contribution in [2.75, 3.05) is 18.4 Å². The topological polar surface area (TPSA) is 75.7 Å². The molecule has 4 rings (SSSR count). The highest BCUT2D eigenvalue weighted by atomic mass is 32.2. The molecule has 2 aromatic rings. The number of carbonyl (C=O) groups excluding carboxylic acids is 1. The van der Waals surface area contributed by atoms with Gasteiger partial charge in [0.2, 0.25) is 10.0 Å². The van der Waals surface area contributed by atoms with E-state index < -0.39 is 10.0 Å². The van der Waals surface area contributed by atoms with E-state index in [1.165, 1.54) is 10.4 Å². The fraction of sp³-hybridized carbons (Fsp3) is 0.381. The second kappa shape index (κ2) is 7.22. The Kier molecular flexibility index (Phi) is 4.89. The van der Waals surface area contributed by atoms with Crippen LogP contribution in [0, 0.1) is 0 Å². The van der Waals surface area contributed by atoms with Crippen molar-refractivity contribution in [2.24, 2.45) is 0 Å². The summed E-state index contributed by atoms with van der Waals surface area (Å²) in [5.74, 6) is 0.520. The zero-order valence-electron chi connectivity index (χ0n) is 16.0. The predicted octanol–water partition coefficient (Wildman–Crippen LogP) is 3.61. The summed E-state index contributed by atoms with van der Waals surface area (Å²) in [6.07, 6.45) is 1.77. The van der Waals surface area contributed by atoms with E-state index in [9.17, 15) is 13.2 Å². The molecule has 0 unspecified atom stereocenters. The largest absolute Gasteiger partial charge is 0.489 e. The zero-order valence-corrected chi connectivity index (χ0v) is 16.8. The first-order valence-corrected chi connectivity index (χ1v) is 11.0. The summed E-state index contributed by atoms with van der Waals surface area (Å²) in [4.78, 5) is 13.1. The van der Waals surface area contributed by atoms with Crippen molar-refractivity contribution in [3.05, 3.63) is 53.6 Å². The van der Waals surface area contributed by atoms with Crippen molar-refractivity contribution in [1.29, 1.82) is 0 Å². The smallest absolute Gasteiger partial charge is 0.259 e. The van der Waals surface area contributed by atoms with Crippen LogP contribution in [0.15, 0.2) is 47.4 Å². The fourth-order valence-electron chi connectivity index (χ4n) is 3.77. The minimum absolute atomic E-state index is 0.0119. The van der Waals surface area contributed by atoms with Crippen LogP contribution in [0.1, 0.15) is 48.5 Å². The Bertz CT molecular complexity index is 1010. The first kappa shape index (κ1) is 19.0. The summed E-state index contributed by atoms with van der Waals surface area (Å²) in [5.41, 5.74) is 1.92. The number of carbonyl (C=O) groups is 1. The SMILES string of the molecule is C[C@H]1Oc2c(C(=O)Nc3cccc(S(=O)(=O)N4CCCC4)c3)cccc2[C@@H]1C. The number of fused-ring (bicyclic) bond motifs is 1. The molecule has 6 nitrogen and oxygen atoms in total. The maximum absolute atomic E-state index is 12.9. The lowest BCUT2D eigenvalue weighted by atomic mass is 9.97. The van der Waals surface area contributed by atoms with Crippen LogP contribution in [0.25, 0.3) is 0 Å². The third-order valence-corrected chi connectivity index (χ3v) is 7.48. The number of hydrogen-bond donors (Lipinski definition) is 1. The first-order valence-electron chi connectivity index (χ1n) is 9.59. The van der Waals surface area contributed by atoms with E-state index in [0.717, 1.165) is 18.4 Å². The zero-order chi connectivity index (χ0) is 19.9. The Labute approximate surface area is 165 Å². The van der Waals surface area contributed by atoms with Crippen LogP contribution in [-0.4, -0.2) is 37.8 Å². The number of sulfonamides is 1. The number of amides is 1. The van der Waals surface area contributed by atoms with Crippen LogP contribution < -0.4 is 10.1 Å². The summed E-state index contributed by atoms with van der Waals surface area (Å²) >= 11 is 0. The number of hydrogen-bond acceptors (Lipinski definition) is 4. The number of ether oxygens (including phenoxy) is 1. The number of anilines is 1. The molecular formula is C21H24N2O4S. The highest BCUT2D eigenvalue weighted by molar-refractivity contribution is 7.89. The standard InChI is InChI=1S/C21H24N2O4S/c1-14-15(2)27-20-18(14)9-6-10-19(20)21(24)22-16-7-5-8-17(13-16)28(25,26)23-11-3-4-12-23/h5-10,13-15H,3-4,11-12H2,1-2H3,(H,22,24)/t14-,15-/m1/s1. The quantitative estimate of drug-likeness (QED) is 0.851. The lowest BCUT2D eigenvalue weighted by molar-refractivity contribution is 0.102. The van der Waals surface area contributed by atoms with Crippen LogP contribution in [0.5, 0.6) is 5.75 Å². The molecule has 2 heterocycles. The van der Waals surface area contributed by atoms with Gasteiger partial charge < -0.3 is 10.1 Å². The molecule has 2 aliphatic rings. The molecule has 28 heavy (non-hydrogen) atoms. The van der Waals surface area contributed by atoms with Crippen molar-refractivity contribution >= 4 is 21.6 Å². The van der Waals surface area contributed by atoms with Crippen LogP contribution in [-0.2, 0) is 10.0 Å². The number of nitrogens with one attached hydrogen (secondary N) is 1. The van der Waals surface area contributed by atoms with Gasteiger partial charge in [0.05, 0.1) is 10.5 Å². The van der Waals surface area contributed by atoms with Gasteiger partial charge >= 0.3 is 0 Å². The number of benzene rings is 2. The van der Waals surface area contributed by atoms with Gasteiger partial charge in [0.25, 0.3) is 5.91 Å². The van der Waals surface area contributed by atoms with Gasteiger partial charge in [0.1, 0.15) is 11.9 Å². The maximum atomic E-state index is 12.9. The van der Waals surface area contributed by atoms with Gasteiger partial charge in [0.15, 0.2) is 0 Å². The van der Waals surface area contributed by atoms with E-state index in [2.05, 4.69) is 12.2 Å². The summed E-state index contributed by atoms with van der Waals surface area (Å²) in [7, 11) is -3.53. The fourth-order valence-corrected chi connectivity index (χ4v) is 5.34. The molecule has 0 saturated carbocycles. The average Bonchev–Trinajstić information content (AvgIpc) is 3.32. The Morgan fingerprint density at radius 2 is 1.82 bits per heavy atom. The van der Waals surface area contributed by atoms with Crippen LogP contribution >= 0.6 is 0 Å². The predicted molar refractivity (Wildman–Crippen MR) is 107 cm³/mol. The minimum Gasteiger partial charge on any atom is -0.489 e. The molecule has 0 radical (unpaired) electrons. The van der Waals surface area contributed by atoms with Gasteiger partial charge in [-0.15, -0.1) is 0 Å². The van der Waals surface area contributed by atoms with E-state index in [0.29, 0.717) is 30.1 Å². The second-order valence-corrected chi connectivity index (χ2v) is 9.37. The molecule has 2 aromatic carbocycles. The number of nitrogens with zero attached hydrogens (tertiary/aromatic N) is 1. The van der Waals surface area contributed by atoms with Gasteiger partial charge in [-0.3, -0.25) is 4.79 Å². The molecule has 1 saturated heterocycles. The summed E-state index contributed by atoms with van der Waals surface area (Å²) in [6, 6.07) is 12.0. The van der Waals surface area contributed by atoms with Crippen molar-refractivity contribution in [2.45, 2.75) is 43.6 Å². The van der Waals surface area contributed by atoms with Crippen molar-refractivity contribution in [3.63, 3.8) is 0 Å². The molecule has 2 atom stereocenters. The Morgan fingerprint density at radius 3 is 2.57 bits per heavy atom. The van der Waals surface area contributed by atoms with Crippen molar-refractivity contribution in [3.8, 4) is 5.75 Å². The van der Waals surface area contributed by atoms with Gasteiger partial charge in [-0.25, -0.2) is 8.42 Å². The molecule has 1 N–H and O–H groups in total. The second-order valence-electron chi connectivity index (χ2n) is 7.43. The van der Waals surface area contributed by atoms with E-state index in [1.807, 2.05) is 19.1 Å². The van der Waals surface area contributed by atoms with E-state index >= 15 is 0 Å². The number of para-hydroxylation sites is 1. The van der Waals surface area contributed by atoms with E-state index in [4.69, 9.17) is 4.74 Å². The molecule has 148 valence electrons. The third-order valence-electron chi connectivity index (χ3n) is 5.58. The van der Waals surface area contributed by atoms with Gasteiger partial charge in [-0.2, -0.15) is 4.31 Å². The maximum Gasteiger partial charge on any atom is 0.259 e. The molecule has 1 amide bonds. The average molecular weight is 401 g/mol. The monoisotopic (exact) mass is 400 g/mol. The normalized spacial score (nSPS) is 21.9. The molecule has 0 aromatic heterocycles. The van der Waals surface area contributed by atoms with Crippen molar-refractivity contribution in [1.82, 2.24) is 4.31 Å². The van der Waals surface area contributed by atoms with E-state index in [1.54, 1.807) is 24.3 Å². The Morgan fingerprint density at radius 1 is 1.11 bits per heavy atom. The van der Waals surface area contributed by atoms with Crippen LogP contribution in [0.2, 0.25) is 0 Å². The lowest BCUT2D eigenvalue weighted by Gasteiger charge is -2.16. The van der Waals surface area contributed by atoms with Gasteiger partial charge in [-0.05, 0) is 44.0 Å². The molecular weight excluding hydrogens is 376 g/mol. The van der Waals surface area contributed by atoms with Gasteiger partial charge in [0, 0.05) is 30.3 Å². The molecule has 2 aliphatic heterocycles. The van der Waals surface area contributed by atoms with Crippen LogP contribution in [0.3, 0.4) is 0 Å². The lowest BCUT2D eigenvalue weighted by Crippen LogP contribution is -2.27. The summed E-state index contributed by atoms with van der Waals surface area (Å²) in [5, 5.41) is 2.82. The molecule has 0 aliphatic carbocycles. The van der Waals surface area contributed by atoms with Crippen molar-refractivity contribution < 1.29 is 17.9 Å².